The van der Waals surface area contributed by atoms with Gasteiger partial charge in [0, 0.05) is 8.96 Å². The molecule has 0 amide bonds. The van der Waals surface area contributed by atoms with Gasteiger partial charge in [0.15, 0.2) is 0 Å². The summed E-state index contributed by atoms with van der Waals surface area (Å²) in [5.74, 6) is -0.154. The number of aromatic hydroxyl groups is 1. The molecule has 0 aliphatic rings. The van der Waals surface area contributed by atoms with Crippen molar-refractivity contribution in [3.05, 3.63) is 28.0 Å². The second-order valence-corrected chi connectivity index (χ2v) is 5.77. The van der Waals surface area contributed by atoms with Gasteiger partial charge in [0.05, 0.1) is 11.7 Å². The fraction of sp³-hybridized carbons (Fsp3) is 0. The smallest absolute Gasteiger partial charge is 0.295 e. The van der Waals surface area contributed by atoms with Gasteiger partial charge in [-0.1, -0.05) is 0 Å². The van der Waals surface area contributed by atoms with Crippen molar-refractivity contribution in [1.82, 2.24) is 4.98 Å². The number of pyridine rings is 1. The molecule has 0 fully saturated rings. The van der Waals surface area contributed by atoms with E-state index in [0.29, 0.717) is 9.09 Å². The molecule has 0 aliphatic carbocycles. The van der Waals surface area contributed by atoms with Gasteiger partial charge in [-0.3, -0.25) is 9.54 Å². The first-order chi connectivity index (χ1) is 7.38. The van der Waals surface area contributed by atoms with Gasteiger partial charge in [-0.2, -0.15) is 8.42 Å². The third-order valence-electron chi connectivity index (χ3n) is 1.99. The summed E-state index contributed by atoms with van der Waals surface area (Å²) in [6.07, 6.45) is 1.21. The summed E-state index contributed by atoms with van der Waals surface area (Å²) in [4.78, 5) is 3.63. The molecule has 1 aromatic carbocycles. The fourth-order valence-corrected chi connectivity index (χ4v) is 2.90. The van der Waals surface area contributed by atoms with E-state index in [-0.39, 0.29) is 16.0 Å². The van der Waals surface area contributed by atoms with Crippen molar-refractivity contribution in [2.24, 2.45) is 0 Å². The lowest BCUT2D eigenvalue weighted by Gasteiger charge is -2.04. The van der Waals surface area contributed by atoms with E-state index in [9.17, 15) is 13.5 Å². The lowest BCUT2D eigenvalue weighted by atomic mass is 10.2. The van der Waals surface area contributed by atoms with E-state index in [0.717, 1.165) is 0 Å². The molecular formula is C9H6INO4S. The second kappa shape index (κ2) is 3.82. The Kier molecular flexibility index (Phi) is 2.76. The van der Waals surface area contributed by atoms with Crippen LogP contribution in [-0.2, 0) is 10.1 Å². The highest BCUT2D eigenvalue weighted by Gasteiger charge is 2.16. The molecule has 0 saturated heterocycles. The summed E-state index contributed by atoms with van der Waals surface area (Å²) >= 11 is 1.92. The summed E-state index contributed by atoms with van der Waals surface area (Å²) in [5, 5.41) is 9.45. The van der Waals surface area contributed by atoms with Gasteiger partial charge >= 0.3 is 0 Å². The molecule has 2 aromatic rings. The van der Waals surface area contributed by atoms with Crippen LogP contribution in [0.4, 0.5) is 0 Å². The molecule has 7 heteroatoms. The quantitative estimate of drug-likeness (QED) is 0.604. The minimum absolute atomic E-state index is 0.154. The molecule has 16 heavy (non-hydrogen) atoms. The van der Waals surface area contributed by atoms with Crippen molar-refractivity contribution in [2.45, 2.75) is 4.90 Å². The van der Waals surface area contributed by atoms with Gasteiger partial charge in [-0.25, -0.2) is 0 Å². The van der Waals surface area contributed by atoms with Crippen LogP contribution in [0, 0.1) is 3.57 Å². The molecule has 1 aromatic heterocycles. The number of benzene rings is 1. The van der Waals surface area contributed by atoms with E-state index in [2.05, 4.69) is 4.98 Å². The first kappa shape index (κ1) is 11.6. The molecule has 0 unspecified atom stereocenters. The van der Waals surface area contributed by atoms with E-state index < -0.39 is 10.1 Å². The Balaban J connectivity index is 2.96. The molecule has 84 valence electrons. The Bertz CT molecular complexity index is 669. The zero-order valence-corrected chi connectivity index (χ0v) is 10.7. The van der Waals surface area contributed by atoms with E-state index in [1.54, 1.807) is 6.07 Å². The summed E-state index contributed by atoms with van der Waals surface area (Å²) in [6.45, 7) is 0. The molecule has 0 aliphatic heterocycles. The van der Waals surface area contributed by atoms with Gasteiger partial charge < -0.3 is 5.11 Å². The average molecular weight is 351 g/mol. The number of hydrogen-bond donors (Lipinski definition) is 2. The Morgan fingerprint density at radius 3 is 2.56 bits per heavy atom. The molecule has 2 rings (SSSR count). The Morgan fingerprint density at radius 2 is 1.94 bits per heavy atom. The van der Waals surface area contributed by atoms with Crippen LogP contribution >= 0.6 is 22.6 Å². The fourth-order valence-electron chi connectivity index (χ4n) is 1.37. The number of hydrogen-bond acceptors (Lipinski definition) is 4. The van der Waals surface area contributed by atoms with Gasteiger partial charge in [0.1, 0.15) is 10.6 Å². The van der Waals surface area contributed by atoms with Crippen molar-refractivity contribution in [2.75, 3.05) is 0 Å². The summed E-state index contributed by atoms with van der Waals surface area (Å²) in [7, 11) is -4.32. The number of fused-ring (bicyclic) bond motifs is 1. The van der Waals surface area contributed by atoms with E-state index >= 15 is 0 Å². The Hall–Kier alpha value is -0.930. The number of nitrogens with zero attached hydrogens (tertiary/aromatic N) is 1. The van der Waals surface area contributed by atoms with E-state index in [4.69, 9.17) is 4.55 Å². The lowest BCUT2D eigenvalue weighted by Crippen LogP contribution is -2.00. The van der Waals surface area contributed by atoms with Gasteiger partial charge in [-0.15, -0.1) is 0 Å². The van der Waals surface area contributed by atoms with Crippen LogP contribution in [0.1, 0.15) is 0 Å². The van der Waals surface area contributed by atoms with Crippen LogP contribution in [-0.4, -0.2) is 23.1 Å². The zero-order valence-electron chi connectivity index (χ0n) is 7.75. The zero-order chi connectivity index (χ0) is 11.9. The number of rotatable bonds is 1. The van der Waals surface area contributed by atoms with E-state index in [1.807, 2.05) is 22.6 Å². The van der Waals surface area contributed by atoms with Crippen molar-refractivity contribution in [1.29, 1.82) is 0 Å². The predicted octanol–water partition coefficient (Wildman–Crippen LogP) is 1.79. The van der Waals surface area contributed by atoms with Crippen LogP contribution in [0.15, 0.2) is 29.3 Å². The topological polar surface area (TPSA) is 87.5 Å². The molecule has 1 heterocycles. The highest BCUT2D eigenvalue weighted by Crippen LogP contribution is 2.26. The Morgan fingerprint density at radius 1 is 1.25 bits per heavy atom. The summed E-state index contributed by atoms with van der Waals surface area (Å²) < 4.78 is 32.0. The molecule has 0 saturated carbocycles. The van der Waals surface area contributed by atoms with Gasteiger partial charge in [0.25, 0.3) is 10.1 Å². The largest absolute Gasteiger partial charge is 0.506 e. The molecule has 0 atom stereocenters. The normalized spacial score (nSPS) is 11.9. The highest BCUT2D eigenvalue weighted by molar-refractivity contribution is 14.1. The van der Waals surface area contributed by atoms with Gasteiger partial charge in [0.2, 0.25) is 0 Å². The first-order valence-corrected chi connectivity index (χ1v) is 6.65. The third kappa shape index (κ3) is 2.11. The predicted molar refractivity (Wildman–Crippen MR) is 65.9 cm³/mol. The second-order valence-electron chi connectivity index (χ2n) is 3.14. The molecule has 0 spiro atoms. The summed E-state index contributed by atoms with van der Waals surface area (Å²) in [6, 6.07) is 4.23. The number of halogens is 1. The third-order valence-corrected chi connectivity index (χ3v) is 3.51. The minimum Gasteiger partial charge on any atom is -0.506 e. The highest BCUT2D eigenvalue weighted by atomic mass is 127. The minimum atomic E-state index is -4.32. The van der Waals surface area contributed by atoms with Crippen LogP contribution in [0.5, 0.6) is 5.75 Å². The first-order valence-electron chi connectivity index (χ1n) is 4.14. The molecule has 0 bridgehead atoms. The van der Waals surface area contributed by atoms with Crippen molar-refractivity contribution in [3.8, 4) is 5.75 Å². The van der Waals surface area contributed by atoms with Crippen LogP contribution in [0.3, 0.4) is 0 Å². The summed E-state index contributed by atoms with van der Waals surface area (Å²) in [5.41, 5.74) is 0.400. The van der Waals surface area contributed by atoms with E-state index in [1.165, 1.54) is 18.3 Å². The molecule has 5 nitrogen and oxygen atoms in total. The SMILES string of the molecule is O=S(=O)(O)c1cc(I)cc2ncc(O)cc12. The average Bonchev–Trinajstić information content (AvgIpc) is 2.16. The Labute approximate surface area is 105 Å². The van der Waals surface area contributed by atoms with Crippen LogP contribution in [0.25, 0.3) is 10.9 Å². The monoisotopic (exact) mass is 351 g/mol. The van der Waals surface area contributed by atoms with Gasteiger partial charge in [-0.05, 0) is 40.8 Å². The number of aromatic nitrogens is 1. The maximum absolute atomic E-state index is 11.2. The molecular weight excluding hydrogens is 345 g/mol. The van der Waals surface area contributed by atoms with Crippen molar-refractivity contribution < 1.29 is 18.1 Å². The van der Waals surface area contributed by atoms with Crippen LogP contribution in [0.2, 0.25) is 0 Å². The maximum Gasteiger partial charge on any atom is 0.295 e. The van der Waals surface area contributed by atoms with Crippen molar-refractivity contribution in [3.63, 3.8) is 0 Å². The van der Waals surface area contributed by atoms with Crippen LogP contribution < -0.4 is 0 Å². The van der Waals surface area contributed by atoms with Crippen molar-refractivity contribution >= 4 is 43.6 Å². The lowest BCUT2D eigenvalue weighted by molar-refractivity contribution is 0.473. The molecule has 0 radical (unpaired) electrons. The maximum atomic E-state index is 11.2. The standard InChI is InChI=1S/C9H6INO4S/c10-5-1-8-7(3-6(12)4-11-8)9(2-5)16(13,14)15/h1-4,12H,(H,13,14,15). The molecule has 2 N–H and O–H groups in total.